The van der Waals surface area contributed by atoms with Gasteiger partial charge in [-0.1, -0.05) is 36.4 Å². The summed E-state index contributed by atoms with van der Waals surface area (Å²) >= 11 is 0. The molecule has 0 radical (unpaired) electrons. The van der Waals surface area contributed by atoms with Gasteiger partial charge in [-0.3, -0.25) is 4.98 Å². The lowest BCUT2D eigenvalue weighted by molar-refractivity contribution is 0.0600. The van der Waals surface area contributed by atoms with E-state index in [-0.39, 0.29) is 6.10 Å². The van der Waals surface area contributed by atoms with Gasteiger partial charge in [-0.25, -0.2) is 0 Å². The minimum atomic E-state index is -0.213. The maximum absolute atomic E-state index is 10.5. The van der Waals surface area contributed by atoms with E-state index >= 15 is 0 Å². The van der Waals surface area contributed by atoms with E-state index < -0.39 is 0 Å². The van der Waals surface area contributed by atoms with Crippen molar-refractivity contribution in [3.63, 3.8) is 0 Å². The fourth-order valence-electron chi connectivity index (χ4n) is 3.40. The molecule has 1 atom stereocenters. The Morgan fingerprint density at radius 2 is 1.78 bits per heavy atom. The number of piperidine rings is 1. The molecule has 1 aromatic heterocycles. The molecular formula is C20H26N2O. The number of pyridine rings is 1. The fourth-order valence-corrected chi connectivity index (χ4v) is 3.40. The third-order valence-electron chi connectivity index (χ3n) is 4.87. The number of aliphatic hydroxyl groups excluding tert-OH is 1. The summed E-state index contributed by atoms with van der Waals surface area (Å²) in [6.45, 7) is 3.24. The summed E-state index contributed by atoms with van der Waals surface area (Å²) in [6.07, 6.45) is 5.63. The minimum absolute atomic E-state index is 0.213. The predicted molar refractivity (Wildman–Crippen MR) is 93.3 cm³/mol. The van der Waals surface area contributed by atoms with Crippen LogP contribution >= 0.6 is 0 Å². The topological polar surface area (TPSA) is 36.4 Å². The first-order valence-corrected chi connectivity index (χ1v) is 8.65. The van der Waals surface area contributed by atoms with Crippen LogP contribution in [0.1, 0.15) is 24.1 Å². The average Bonchev–Trinajstić information content (AvgIpc) is 2.62. The number of rotatable bonds is 6. The van der Waals surface area contributed by atoms with E-state index in [0.717, 1.165) is 45.3 Å². The van der Waals surface area contributed by atoms with Crippen LogP contribution in [0.4, 0.5) is 0 Å². The molecule has 1 aromatic carbocycles. The van der Waals surface area contributed by atoms with E-state index in [4.69, 9.17) is 0 Å². The molecule has 1 aliphatic heterocycles. The molecule has 2 heterocycles. The largest absolute Gasteiger partial charge is 0.392 e. The summed E-state index contributed by atoms with van der Waals surface area (Å²) in [5.41, 5.74) is 2.40. The zero-order chi connectivity index (χ0) is 15.9. The van der Waals surface area contributed by atoms with Crippen LogP contribution in [-0.4, -0.2) is 40.7 Å². The van der Waals surface area contributed by atoms with Crippen LogP contribution in [0.5, 0.6) is 0 Å². The van der Waals surface area contributed by atoms with Crippen LogP contribution in [0.2, 0.25) is 0 Å². The molecule has 0 aliphatic carbocycles. The van der Waals surface area contributed by atoms with Crippen molar-refractivity contribution >= 4 is 0 Å². The number of hydrogen-bond donors (Lipinski definition) is 1. The van der Waals surface area contributed by atoms with Crippen LogP contribution in [0.15, 0.2) is 54.7 Å². The standard InChI is InChI=1S/C20H26N2O/c23-20(16-17-6-2-1-3-7-17)18-9-13-22(14-10-18)15-11-19-8-4-5-12-21-19/h1-8,12,18,20,23H,9-11,13-16H2/t20-/m1/s1. The highest BCUT2D eigenvalue weighted by Crippen LogP contribution is 2.23. The lowest BCUT2D eigenvalue weighted by atomic mass is 9.88. The van der Waals surface area contributed by atoms with E-state index in [1.165, 1.54) is 11.3 Å². The second kappa shape index (κ2) is 8.23. The summed E-state index contributed by atoms with van der Waals surface area (Å²) in [5, 5.41) is 10.5. The molecule has 0 unspecified atom stereocenters. The zero-order valence-corrected chi connectivity index (χ0v) is 13.6. The number of aliphatic hydroxyl groups is 1. The molecule has 2 aromatic rings. The van der Waals surface area contributed by atoms with E-state index in [1.54, 1.807) is 0 Å². The smallest absolute Gasteiger partial charge is 0.0609 e. The first-order valence-electron chi connectivity index (χ1n) is 8.65. The van der Waals surface area contributed by atoms with Crippen LogP contribution in [0.3, 0.4) is 0 Å². The summed E-state index contributed by atoms with van der Waals surface area (Å²) in [4.78, 5) is 6.89. The lowest BCUT2D eigenvalue weighted by Crippen LogP contribution is -2.39. The van der Waals surface area contributed by atoms with Gasteiger partial charge in [0, 0.05) is 24.9 Å². The molecule has 0 spiro atoms. The van der Waals surface area contributed by atoms with Gasteiger partial charge < -0.3 is 10.0 Å². The Bertz CT molecular complexity index is 565. The summed E-state index contributed by atoms with van der Waals surface area (Å²) in [5.74, 6) is 0.432. The van der Waals surface area contributed by atoms with Crippen LogP contribution < -0.4 is 0 Å². The second-order valence-electron chi connectivity index (χ2n) is 6.51. The monoisotopic (exact) mass is 310 g/mol. The van der Waals surface area contributed by atoms with Crippen molar-refractivity contribution in [3.8, 4) is 0 Å². The molecule has 0 amide bonds. The first-order chi connectivity index (χ1) is 11.3. The van der Waals surface area contributed by atoms with Gasteiger partial charge in [0.2, 0.25) is 0 Å². The van der Waals surface area contributed by atoms with Gasteiger partial charge >= 0.3 is 0 Å². The van der Waals surface area contributed by atoms with Gasteiger partial charge in [-0.05, 0) is 56.0 Å². The highest BCUT2D eigenvalue weighted by Gasteiger charge is 2.25. The molecule has 3 heteroatoms. The third kappa shape index (κ3) is 4.88. The SMILES string of the molecule is O[C@H](Cc1ccccc1)C1CCN(CCc2ccccn2)CC1. The summed E-state index contributed by atoms with van der Waals surface area (Å²) < 4.78 is 0. The van der Waals surface area contributed by atoms with Crippen molar-refractivity contribution in [1.82, 2.24) is 9.88 Å². The molecule has 23 heavy (non-hydrogen) atoms. The van der Waals surface area contributed by atoms with Crippen molar-refractivity contribution in [2.45, 2.75) is 31.8 Å². The van der Waals surface area contributed by atoms with Crippen molar-refractivity contribution in [3.05, 3.63) is 66.0 Å². The Balaban J connectivity index is 1.41. The minimum Gasteiger partial charge on any atom is -0.392 e. The highest BCUT2D eigenvalue weighted by atomic mass is 16.3. The third-order valence-corrected chi connectivity index (χ3v) is 4.87. The highest BCUT2D eigenvalue weighted by molar-refractivity contribution is 5.15. The zero-order valence-electron chi connectivity index (χ0n) is 13.6. The quantitative estimate of drug-likeness (QED) is 0.891. The number of nitrogens with zero attached hydrogens (tertiary/aromatic N) is 2. The molecule has 122 valence electrons. The Morgan fingerprint density at radius 3 is 2.48 bits per heavy atom. The molecule has 1 fully saturated rings. The van der Waals surface area contributed by atoms with Gasteiger partial charge in [0.15, 0.2) is 0 Å². The van der Waals surface area contributed by atoms with Crippen molar-refractivity contribution in [1.29, 1.82) is 0 Å². The van der Waals surface area contributed by atoms with Gasteiger partial charge in [0.25, 0.3) is 0 Å². The molecule has 1 saturated heterocycles. The molecule has 0 saturated carbocycles. The van der Waals surface area contributed by atoms with Gasteiger partial charge in [0.1, 0.15) is 0 Å². The molecule has 1 aliphatic rings. The average molecular weight is 310 g/mol. The number of hydrogen-bond acceptors (Lipinski definition) is 3. The van der Waals surface area contributed by atoms with Gasteiger partial charge in [-0.15, -0.1) is 0 Å². The first kappa shape index (κ1) is 16.2. The Kier molecular flexibility index (Phi) is 5.78. The fraction of sp³-hybridized carbons (Fsp3) is 0.450. The van der Waals surface area contributed by atoms with Crippen LogP contribution in [-0.2, 0) is 12.8 Å². The second-order valence-corrected chi connectivity index (χ2v) is 6.51. The molecule has 3 nitrogen and oxygen atoms in total. The molecule has 1 N–H and O–H groups in total. The normalized spacial score (nSPS) is 18.0. The van der Waals surface area contributed by atoms with Gasteiger partial charge in [-0.2, -0.15) is 0 Å². The van der Waals surface area contributed by atoms with E-state index in [2.05, 4.69) is 34.1 Å². The van der Waals surface area contributed by atoms with Crippen molar-refractivity contribution < 1.29 is 5.11 Å². The van der Waals surface area contributed by atoms with Gasteiger partial charge in [0.05, 0.1) is 6.10 Å². The lowest BCUT2D eigenvalue weighted by Gasteiger charge is -2.34. The van der Waals surface area contributed by atoms with Crippen molar-refractivity contribution in [2.75, 3.05) is 19.6 Å². The van der Waals surface area contributed by atoms with Crippen LogP contribution in [0.25, 0.3) is 0 Å². The van der Waals surface area contributed by atoms with E-state index in [0.29, 0.717) is 5.92 Å². The van der Waals surface area contributed by atoms with Crippen LogP contribution in [0, 0.1) is 5.92 Å². The predicted octanol–water partition coefficient (Wildman–Crippen LogP) is 2.94. The van der Waals surface area contributed by atoms with E-state index in [9.17, 15) is 5.11 Å². The number of aromatic nitrogens is 1. The molecule has 0 bridgehead atoms. The summed E-state index contributed by atoms with van der Waals surface area (Å²) in [7, 11) is 0. The maximum Gasteiger partial charge on any atom is 0.0609 e. The number of likely N-dealkylation sites (tertiary alicyclic amines) is 1. The maximum atomic E-state index is 10.5. The molecular weight excluding hydrogens is 284 g/mol. The van der Waals surface area contributed by atoms with E-state index in [1.807, 2.05) is 30.5 Å². The Morgan fingerprint density at radius 1 is 1.04 bits per heavy atom. The Hall–Kier alpha value is -1.71. The molecule has 3 rings (SSSR count). The number of benzene rings is 1. The Labute approximate surface area is 139 Å². The van der Waals surface area contributed by atoms with Crippen molar-refractivity contribution in [2.24, 2.45) is 5.92 Å². The summed E-state index contributed by atoms with van der Waals surface area (Å²) in [6, 6.07) is 16.4.